The third-order valence-corrected chi connectivity index (χ3v) is 5.57. The smallest absolute Gasteiger partial charge is 0.325 e. The van der Waals surface area contributed by atoms with Gasteiger partial charge < -0.3 is 19.5 Å². The third-order valence-electron chi connectivity index (χ3n) is 5.08. The monoisotopic (exact) mass is 406 g/mol. The molecule has 2 aromatic carbocycles. The first-order chi connectivity index (χ1) is 12.9. The Morgan fingerprint density at radius 3 is 2.74 bits per heavy atom. The minimum Gasteiger partial charge on any atom is -0.486 e. The Kier molecular flexibility index (Phi) is 3.64. The highest BCUT2D eigenvalue weighted by Crippen LogP contribution is 2.49. The van der Waals surface area contributed by atoms with Crippen LogP contribution >= 0.6 is 23.2 Å². The minimum absolute atomic E-state index is 0.226. The van der Waals surface area contributed by atoms with Crippen LogP contribution in [-0.2, 0) is 0 Å². The summed E-state index contributed by atoms with van der Waals surface area (Å²) >= 11 is 12.5. The number of fused-ring (bicyclic) bond motifs is 5. The van der Waals surface area contributed by atoms with Gasteiger partial charge in [-0.15, -0.1) is 0 Å². The van der Waals surface area contributed by atoms with Crippen molar-refractivity contribution in [2.24, 2.45) is 0 Å². The molecule has 140 valence electrons. The van der Waals surface area contributed by atoms with E-state index >= 15 is 0 Å². The number of ether oxygens (including phenoxy) is 3. The fraction of sp³-hybridized carbons (Fsp3) is 0.316. The van der Waals surface area contributed by atoms with Gasteiger partial charge in [-0.2, -0.15) is 0 Å². The number of nitrogens with one attached hydrogen (secondary N) is 1. The number of nitrogens with zero attached hydrogens (tertiary/aromatic N) is 1. The number of benzene rings is 2. The zero-order chi connectivity index (χ0) is 18.8. The second kappa shape index (κ2) is 5.84. The number of anilines is 1. The molecule has 1 fully saturated rings. The van der Waals surface area contributed by atoms with Gasteiger partial charge in [0.05, 0.1) is 16.8 Å². The highest BCUT2D eigenvalue weighted by atomic mass is 35.5. The lowest BCUT2D eigenvalue weighted by atomic mass is 9.90. The number of amides is 2. The molecule has 0 aromatic heterocycles. The van der Waals surface area contributed by atoms with Gasteiger partial charge in [-0.05, 0) is 31.2 Å². The van der Waals surface area contributed by atoms with Gasteiger partial charge in [0.15, 0.2) is 17.2 Å². The van der Waals surface area contributed by atoms with Crippen LogP contribution in [0, 0.1) is 0 Å². The lowest BCUT2D eigenvalue weighted by molar-refractivity contribution is 0.0379. The first-order valence-corrected chi connectivity index (χ1v) is 9.38. The molecule has 1 saturated heterocycles. The van der Waals surface area contributed by atoms with Crippen molar-refractivity contribution in [3.8, 4) is 17.2 Å². The van der Waals surface area contributed by atoms with Crippen molar-refractivity contribution in [3.05, 3.63) is 45.9 Å². The predicted molar refractivity (Wildman–Crippen MR) is 101 cm³/mol. The van der Waals surface area contributed by atoms with Crippen molar-refractivity contribution in [2.45, 2.75) is 25.1 Å². The van der Waals surface area contributed by atoms with E-state index in [4.69, 9.17) is 37.4 Å². The second-order valence-corrected chi connectivity index (χ2v) is 7.80. The number of carbonyl (C=O) groups is 1. The van der Waals surface area contributed by atoms with E-state index in [-0.39, 0.29) is 12.1 Å². The Labute approximate surface area is 165 Å². The summed E-state index contributed by atoms with van der Waals surface area (Å²) in [4.78, 5) is 14.6. The van der Waals surface area contributed by atoms with Crippen molar-refractivity contribution < 1.29 is 19.0 Å². The summed E-state index contributed by atoms with van der Waals surface area (Å²) in [6.07, 6.45) is 0.552. The summed E-state index contributed by atoms with van der Waals surface area (Å²) in [6, 6.07) is 8.36. The molecule has 8 heteroatoms. The molecule has 27 heavy (non-hydrogen) atoms. The van der Waals surface area contributed by atoms with Crippen LogP contribution in [0.4, 0.5) is 10.5 Å². The van der Waals surface area contributed by atoms with Crippen LogP contribution in [0.5, 0.6) is 17.2 Å². The molecule has 2 atom stereocenters. The minimum atomic E-state index is -0.902. The van der Waals surface area contributed by atoms with E-state index in [1.807, 2.05) is 13.0 Å². The van der Waals surface area contributed by atoms with Crippen LogP contribution in [-0.4, -0.2) is 25.0 Å². The first-order valence-electron chi connectivity index (χ1n) is 8.63. The molecule has 0 aliphatic carbocycles. The van der Waals surface area contributed by atoms with E-state index in [1.54, 1.807) is 29.2 Å². The largest absolute Gasteiger partial charge is 0.486 e. The normalized spacial score (nSPS) is 25.4. The standard InChI is InChI=1S/C19H16Cl2N2O4/c1-19-9-14(12-6-10(20)7-13(21)17(12)27-19)22-18(24)23(19)11-2-3-15-16(8-11)26-5-4-25-15/h2-3,6-8,14H,4-5,9H2,1H3,(H,22,24)/t14-,19+/m0/s1. The third kappa shape index (κ3) is 2.58. The van der Waals surface area contributed by atoms with Crippen molar-refractivity contribution in [2.75, 3.05) is 18.1 Å². The quantitative estimate of drug-likeness (QED) is 0.755. The van der Waals surface area contributed by atoms with Crippen LogP contribution in [0.3, 0.4) is 0 Å². The van der Waals surface area contributed by atoms with E-state index in [2.05, 4.69) is 5.32 Å². The van der Waals surface area contributed by atoms with Crippen LogP contribution in [0.2, 0.25) is 10.0 Å². The maximum Gasteiger partial charge on any atom is 0.325 e. The Balaban J connectivity index is 1.59. The van der Waals surface area contributed by atoms with Gasteiger partial charge >= 0.3 is 6.03 Å². The highest BCUT2D eigenvalue weighted by molar-refractivity contribution is 6.35. The average Bonchev–Trinajstić information content (AvgIpc) is 2.62. The molecule has 3 aliphatic heterocycles. The van der Waals surface area contributed by atoms with E-state index in [0.717, 1.165) is 5.56 Å². The number of hydrogen-bond donors (Lipinski definition) is 1. The second-order valence-electron chi connectivity index (χ2n) is 6.95. The van der Waals surface area contributed by atoms with Crippen molar-refractivity contribution >= 4 is 34.9 Å². The molecule has 6 nitrogen and oxygen atoms in total. The summed E-state index contributed by atoms with van der Waals surface area (Å²) in [7, 11) is 0. The van der Waals surface area contributed by atoms with Crippen LogP contribution in [0.25, 0.3) is 0 Å². The van der Waals surface area contributed by atoms with Crippen molar-refractivity contribution in [1.29, 1.82) is 0 Å². The molecule has 0 radical (unpaired) electrons. The molecule has 2 bridgehead atoms. The lowest BCUT2D eigenvalue weighted by Crippen LogP contribution is -2.65. The van der Waals surface area contributed by atoms with E-state index in [9.17, 15) is 4.79 Å². The molecule has 0 spiro atoms. The molecule has 1 N–H and O–H groups in total. The van der Waals surface area contributed by atoms with Gasteiger partial charge in [0, 0.05) is 23.1 Å². The van der Waals surface area contributed by atoms with E-state index in [0.29, 0.717) is 52.6 Å². The Morgan fingerprint density at radius 2 is 1.93 bits per heavy atom. The summed E-state index contributed by atoms with van der Waals surface area (Å²) in [5.74, 6) is 1.82. The van der Waals surface area contributed by atoms with E-state index < -0.39 is 5.72 Å². The molecular weight excluding hydrogens is 391 g/mol. The molecule has 5 rings (SSSR count). The van der Waals surface area contributed by atoms with Crippen molar-refractivity contribution in [3.63, 3.8) is 0 Å². The maximum atomic E-state index is 13.0. The lowest BCUT2D eigenvalue weighted by Gasteiger charge is -2.50. The fourth-order valence-electron chi connectivity index (χ4n) is 3.95. The summed E-state index contributed by atoms with van der Waals surface area (Å²) < 4.78 is 17.5. The topological polar surface area (TPSA) is 60.0 Å². The number of carbonyl (C=O) groups excluding carboxylic acids is 1. The molecule has 0 unspecified atom stereocenters. The zero-order valence-electron chi connectivity index (χ0n) is 14.4. The van der Waals surface area contributed by atoms with Gasteiger partial charge in [0.1, 0.15) is 19.0 Å². The Hall–Kier alpha value is -2.31. The van der Waals surface area contributed by atoms with E-state index in [1.165, 1.54) is 0 Å². The number of halogens is 2. The van der Waals surface area contributed by atoms with Gasteiger partial charge in [-0.1, -0.05) is 23.2 Å². The van der Waals surface area contributed by atoms with Gasteiger partial charge in [-0.25, -0.2) is 4.79 Å². The predicted octanol–water partition coefficient (Wildman–Crippen LogP) is 4.53. The highest BCUT2D eigenvalue weighted by Gasteiger charge is 2.50. The van der Waals surface area contributed by atoms with Gasteiger partial charge in [-0.3, -0.25) is 4.90 Å². The van der Waals surface area contributed by atoms with Crippen LogP contribution in [0.15, 0.2) is 30.3 Å². The Morgan fingerprint density at radius 1 is 1.15 bits per heavy atom. The molecule has 0 saturated carbocycles. The molecule has 3 aliphatic rings. The molecule has 2 amide bonds. The average molecular weight is 407 g/mol. The van der Waals surface area contributed by atoms with Gasteiger partial charge in [0.2, 0.25) is 0 Å². The first kappa shape index (κ1) is 16.8. The molecule has 3 heterocycles. The molecular formula is C19H16Cl2N2O4. The van der Waals surface area contributed by atoms with Gasteiger partial charge in [0.25, 0.3) is 0 Å². The fourth-order valence-corrected chi connectivity index (χ4v) is 4.50. The molecule has 2 aromatic rings. The van der Waals surface area contributed by atoms with Crippen LogP contribution < -0.4 is 24.4 Å². The number of rotatable bonds is 1. The maximum absolute atomic E-state index is 13.0. The Bertz CT molecular complexity index is 967. The number of urea groups is 1. The SMILES string of the molecule is C[C@@]12C[C@H](NC(=O)N1c1ccc3c(c1)OCCO3)c1cc(Cl)cc(Cl)c1O2. The zero-order valence-corrected chi connectivity index (χ0v) is 15.9. The summed E-state index contributed by atoms with van der Waals surface area (Å²) in [5.41, 5.74) is 0.549. The van der Waals surface area contributed by atoms with Crippen LogP contribution in [0.1, 0.15) is 24.9 Å². The summed E-state index contributed by atoms with van der Waals surface area (Å²) in [6.45, 7) is 2.86. The summed E-state index contributed by atoms with van der Waals surface area (Å²) in [5, 5.41) is 3.96. The number of hydrogen-bond acceptors (Lipinski definition) is 4. The van der Waals surface area contributed by atoms with Crippen molar-refractivity contribution in [1.82, 2.24) is 5.32 Å².